The van der Waals surface area contributed by atoms with Crippen molar-refractivity contribution in [2.75, 3.05) is 13.7 Å². The fourth-order valence-corrected chi connectivity index (χ4v) is 2.31. The zero-order chi connectivity index (χ0) is 13.8. The summed E-state index contributed by atoms with van der Waals surface area (Å²) in [5, 5.41) is 3.36. The maximum atomic E-state index is 5.97. The number of rotatable bonds is 6. The van der Waals surface area contributed by atoms with Gasteiger partial charge in [-0.1, -0.05) is 20.8 Å². The van der Waals surface area contributed by atoms with E-state index in [-0.39, 0.29) is 17.6 Å². The van der Waals surface area contributed by atoms with Crippen molar-refractivity contribution in [2.45, 2.75) is 53.3 Å². The van der Waals surface area contributed by atoms with E-state index in [2.05, 4.69) is 42.6 Å². The van der Waals surface area contributed by atoms with Gasteiger partial charge in [0.1, 0.15) is 5.82 Å². The molecule has 4 nitrogen and oxygen atoms in total. The SMILES string of the molecule is CCOC(C(NC)c1nccn1CC)C(C)(C)C. The van der Waals surface area contributed by atoms with Gasteiger partial charge in [-0.3, -0.25) is 0 Å². The molecule has 4 heteroatoms. The minimum atomic E-state index is 0.0637. The summed E-state index contributed by atoms with van der Waals surface area (Å²) in [7, 11) is 1.97. The molecule has 2 unspecified atom stereocenters. The van der Waals surface area contributed by atoms with Gasteiger partial charge in [-0.15, -0.1) is 0 Å². The van der Waals surface area contributed by atoms with Crippen LogP contribution in [-0.2, 0) is 11.3 Å². The summed E-state index contributed by atoms with van der Waals surface area (Å²) in [6.07, 6.45) is 3.97. The molecule has 1 aromatic heterocycles. The number of hydrogen-bond donors (Lipinski definition) is 1. The highest BCUT2D eigenvalue weighted by Crippen LogP contribution is 2.32. The van der Waals surface area contributed by atoms with Gasteiger partial charge in [-0.05, 0) is 26.3 Å². The Morgan fingerprint density at radius 3 is 2.50 bits per heavy atom. The van der Waals surface area contributed by atoms with Crippen molar-refractivity contribution in [3.8, 4) is 0 Å². The quantitative estimate of drug-likeness (QED) is 0.847. The summed E-state index contributed by atoms with van der Waals surface area (Å²) < 4.78 is 8.13. The number of aromatic nitrogens is 2. The van der Waals surface area contributed by atoms with E-state index in [1.54, 1.807) is 0 Å². The zero-order valence-corrected chi connectivity index (χ0v) is 12.5. The second kappa shape index (κ2) is 6.34. The van der Waals surface area contributed by atoms with Gasteiger partial charge in [0.2, 0.25) is 0 Å². The Balaban J connectivity index is 3.06. The number of hydrogen-bond acceptors (Lipinski definition) is 3. The summed E-state index contributed by atoms with van der Waals surface area (Å²) in [6.45, 7) is 12.4. The minimum absolute atomic E-state index is 0.0637. The predicted octanol–water partition coefficient (Wildman–Crippen LogP) is 2.61. The minimum Gasteiger partial charge on any atom is -0.376 e. The van der Waals surface area contributed by atoms with Crippen LogP contribution in [0.4, 0.5) is 0 Å². The lowest BCUT2D eigenvalue weighted by atomic mass is 9.84. The van der Waals surface area contributed by atoms with Crippen molar-refractivity contribution >= 4 is 0 Å². The van der Waals surface area contributed by atoms with Crippen molar-refractivity contribution in [1.82, 2.24) is 14.9 Å². The molecule has 0 saturated carbocycles. The molecule has 0 fully saturated rings. The number of aryl methyl sites for hydroxylation is 1. The highest BCUT2D eigenvalue weighted by Gasteiger charge is 2.35. The summed E-state index contributed by atoms with van der Waals surface area (Å²) in [5.41, 5.74) is 0.0637. The topological polar surface area (TPSA) is 39.1 Å². The molecule has 104 valence electrons. The highest BCUT2D eigenvalue weighted by molar-refractivity contribution is 5.04. The Bertz CT molecular complexity index is 354. The first-order valence-electron chi connectivity index (χ1n) is 6.75. The summed E-state index contributed by atoms with van der Waals surface area (Å²) >= 11 is 0. The molecule has 0 aliphatic heterocycles. The van der Waals surface area contributed by atoms with Crippen molar-refractivity contribution in [3.05, 3.63) is 18.2 Å². The summed E-state index contributed by atoms with van der Waals surface area (Å²) in [5.74, 6) is 1.05. The van der Waals surface area contributed by atoms with Gasteiger partial charge in [0.25, 0.3) is 0 Å². The molecule has 0 aromatic carbocycles. The molecule has 0 radical (unpaired) electrons. The lowest BCUT2D eigenvalue weighted by molar-refractivity contribution is -0.0375. The molecule has 18 heavy (non-hydrogen) atoms. The van der Waals surface area contributed by atoms with E-state index in [9.17, 15) is 0 Å². The smallest absolute Gasteiger partial charge is 0.128 e. The van der Waals surface area contributed by atoms with Gasteiger partial charge in [0.05, 0.1) is 12.1 Å². The lowest BCUT2D eigenvalue weighted by Crippen LogP contribution is -2.42. The first-order valence-corrected chi connectivity index (χ1v) is 6.75. The van der Waals surface area contributed by atoms with E-state index in [1.807, 2.05) is 26.4 Å². The fraction of sp³-hybridized carbons (Fsp3) is 0.786. The molecule has 1 aromatic rings. The highest BCUT2D eigenvalue weighted by atomic mass is 16.5. The summed E-state index contributed by atoms with van der Waals surface area (Å²) in [6, 6.07) is 0.111. The third kappa shape index (κ3) is 3.33. The Morgan fingerprint density at radius 2 is 2.06 bits per heavy atom. The molecule has 0 spiro atoms. The van der Waals surface area contributed by atoms with Gasteiger partial charge < -0.3 is 14.6 Å². The van der Waals surface area contributed by atoms with Crippen molar-refractivity contribution in [1.29, 1.82) is 0 Å². The van der Waals surface area contributed by atoms with Crippen LogP contribution in [0.25, 0.3) is 0 Å². The number of nitrogens with zero attached hydrogens (tertiary/aromatic N) is 2. The van der Waals surface area contributed by atoms with Crippen molar-refractivity contribution < 1.29 is 4.74 Å². The van der Waals surface area contributed by atoms with Crippen molar-refractivity contribution in [3.63, 3.8) is 0 Å². The molecule has 0 aliphatic carbocycles. The first-order chi connectivity index (χ1) is 8.45. The van der Waals surface area contributed by atoms with Crippen LogP contribution in [0.1, 0.15) is 46.5 Å². The van der Waals surface area contributed by atoms with Gasteiger partial charge in [0.15, 0.2) is 0 Å². The monoisotopic (exact) mass is 253 g/mol. The Kier molecular flexibility index (Phi) is 5.35. The predicted molar refractivity (Wildman–Crippen MR) is 74.6 cm³/mol. The molecular weight excluding hydrogens is 226 g/mol. The molecule has 1 N–H and O–H groups in total. The van der Waals surface area contributed by atoms with Crippen LogP contribution in [0.2, 0.25) is 0 Å². The average Bonchev–Trinajstić information content (AvgIpc) is 2.76. The fourth-order valence-electron chi connectivity index (χ4n) is 2.31. The van der Waals surface area contributed by atoms with Crippen LogP contribution < -0.4 is 5.32 Å². The number of nitrogens with one attached hydrogen (secondary N) is 1. The van der Waals surface area contributed by atoms with Crippen molar-refractivity contribution in [2.24, 2.45) is 5.41 Å². The van der Waals surface area contributed by atoms with E-state index in [0.717, 1.165) is 12.4 Å². The van der Waals surface area contributed by atoms with Crippen LogP contribution in [0.5, 0.6) is 0 Å². The Labute approximate surface area is 111 Å². The average molecular weight is 253 g/mol. The van der Waals surface area contributed by atoms with Crippen LogP contribution >= 0.6 is 0 Å². The maximum absolute atomic E-state index is 5.97. The van der Waals surface area contributed by atoms with E-state index < -0.39 is 0 Å². The first kappa shape index (κ1) is 15.2. The third-order valence-electron chi connectivity index (χ3n) is 3.18. The molecule has 1 rings (SSSR count). The van der Waals surface area contributed by atoms with Gasteiger partial charge >= 0.3 is 0 Å². The molecule has 0 bridgehead atoms. The summed E-state index contributed by atoms with van der Waals surface area (Å²) in [4.78, 5) is 4.50. The van der Waals surface area contributed by atoms with E-state index in [1.165, 1.54) is 0 Å². The second-order valence-corrected chi connectivity index (χ2v) is 5.58. The molecule has 2 atom stereocenters. The normalized spacial score (nSPS) is 15.7. The Hall–Kier alpha value is -0.870. The standard InChI is InChI=1S/C14H27N3O/c1-7-17-10-9-16-13(17)11(15-6)12(18-8-2)14(3,4)5/h9-12,15H,7-8H2,1-6H3. The van der Waals surface area contributed by atoms with Crippen LogP contribution in [0, 0.1) is 5.41 Å². The molecule has 0 amide bonds. The molecule has 0 saturated heterocycles. The Morgan fingerprint density at radius 1 is 1.39 bits per heavy atom. The third-order valence-corrected chi connectivity index (χ3v) is 3.18. The lowest BCUT2D eigenvalue weighted by Gasteiger charge is -2.36. The van der Waals surface area contributed by atoms with E-state index >= 15 is 0 Å². The zero-order valence-electron chi connectivity index (χ0n) is 12.5. The maximum Gasteiger partial charge on any atom is 0.128 e. The molecular formula is C14H27N3O. The van der Waals surface area contributed by atoms with E-state index in [0.29, 0.717) is 6.61 Å². The van der Waals surface area contributed by atoms with E-state index in [4.69, 9.17) is 4.74 Å². The largest absolute Gasteiger partial charge is 0.376 e. The molecule has 0 aliphatic rings. The second-order valence-electron chi connectivity index (χ2n) is 5.58. The number of imidazole rings is 1. The number of likely N-dealkylation sites (N-methyl/N-ethyl adjacent to an activating group) is 1. The van der Waals surface area contributed by atoms with Crippen LogP contribution in [0.15, 0.2) is 12.4 Å². The number of ether oxygens (including phenoxy) is 1. The van der Waals surface area contributed by atoms with Crippen LogP contribution in [-0.4, -0.2) is 29.3 Å². The van der Waals surface area contributed by atoms with Gasteiger partial charge in [-0.25, -0.2) is 4.98 Å². The van der Waals surface area contributed by atoms with Gasteiger partial charge in [-0.2, -0.15) is 0 Å². The van der Waals surface area contributed by atoms with Crippen LogP contribution in [0.3, 0.4) is 0 Å². The molecule has 1 heterocycles. The van der Waals surface area contributed by atoms with Gasteiger partial charge in [0, 0.05) is 25.5 Å².